The number of aromatic carboxylic acids is 1. The van der Waals surface area contributed by atoms with Gasteiger partial charge in [0.15, 0.2) is 5.43 Å². The van der Waals surface area contributed by atoms with Gasteiger partial charge in [-0.15, -0.1) is 0 Å². The number of hydrogen-bond acceptors (Lipinski definition) is 5. The summed E-state index contributed by atoms with van der Waals surface area (Å²) in [5.74, 6) is -0.621. The van der Waals surface area contributed by atoms with Crippen LogP contribution in [-0.4, -0.2) is 11.1 Å². The molecule has 4 aromatic rings. The van der Waals surface area contributed by atoms with E-state index < -0.39 is 11.4 Å². The summed E-state index contributed by atoms with van der Waals surface area (Å²) in [5.41, 5.74) is 3.38. The number of aryl methyl sites for hydroxylation is 1. The number of hydrogen-bond donors (Lipinski definition) is 2. The number of nitrogens with zero attached hydrogens (tertiary/aromatic N) is 1. The van der Waals surface area contributed by atoms with Crippen molar-refractivity contribution >= 4 is 22.6 Å². The number of carbonyl (C=O) groups is 1. The van der Waals surface area contributed by atoms with Crippen LogP contribution in [0.1, 0.15) is 53.9 Å². The number of benzene rings is 3. The van der Waals surface area contributed by atoms with Crippen LogP contribution >= 0.6 is 0 Å². The average molecular weight is 467 g/mol. The van der Waals surface area contributed by atoms with Crippen LogP contribution in [0.15, 0.2) is 75.9 Å². The Bertz CT molecular complexity index is 1540. The normalized spacial score (nSPS) is 12.2. The molecule has 1 heterocycles. The Labute approximate surface area is 203 Å². The number of anilines is 1. The Morgan fingerprint density at radius 2 is 1.83 bits per heavy atom. The Balaban J connectivity index is 1.85. The molecule has 1 aromatic heterocycles. The van der Waals surface area contributed by atoms with Crippen molar-refractivity contribution in [1.29, 1.82) is 5.26 Å². The zero-order valence-corrected chi connectivity index (χ0v) is 20.0. The Kier molecular flexibility index (Phi) is 6.19. The Morgan fingerprint density at radius 3 is 2.54 bits per heavy atom. The van der Waals surface area contributed by atoms with Crippen LogP contribution < -0.4 is 10.7 Å². The molecular weight excluding hydrogens is 440 g/mol. The minimum Gasteiger partial charge on any atom is -0.478 e. The topological polar surface area (TPSA) is 103 Å². The molecular formula is C29H26N2O4. The second-order valence-electron chi connectivity index (χ2n) is 9.24. The number of nitrogens with one attached hydrogen (secondary N) is 1. The summed E-state index contributed by atoms with van der Waals surface area (Å²) in [6.45, 7) is 7.48. The Hall–Kier alpha value is -4.37. The van der Waals surface area contributed by atoms with Gasteiger partial charge in [0.2, 0.25) is 0 Å². The molecule has 0 aliphatic heterocycles. The van der Waals surface area contributed by atoms with Crippen molar-refractivity contribution in [2.75, 3.05) is 5.32 Å². The Morgan fingerprint density at radius 1 is 1.09 bits per heavy atom. The quantitative estimate of drug-likeness (QED) is 0.339. The SMILES string of the molecule is Cc1cc(C(C)Nc2ccccc2C(=O)O)c2oc(-c3cccc(C(C)(C)C#N)c3)cc(=O)c2c1. The molecule has 35 heavy (non-hydrogen) atoms. The fraction of sp³-hybridized carbons (Fsp3) is 0.207. The van der Waals surface area contributed by atoms with E-state index in [1.54, 1.807) is 30.3 Å². The summed E-state index contributed by atoms with van der Waals surface area (Å²) >= 11 is 0. The summed E-state index contributed by atoms with van der Waals surface area (Å²) in [6, 6.07) is 21.3. The van der Waals surface area contributed by atoms with Gasteiger partial charge in [-0.05, 0) is 63.1 Å². The van der Waals surface area contributed by atoms with Gasteiger partial charge in [-0.25, -0.2) is 4.79 Å². The summed E-state index contributed by atoms with van der Waals surface area (Å²) in [5, 5.41) is 22.8. The van der Waals surface area contributed by atoms with Crippen molar-refractivity contribution < 1.29 is 14.3 Å². The van der Waals surface area contributed by atoms with E-state index in [1.165, 1.54) is 6.07 Å². The molecule has 0 spiro atoms. The third-order valence-electron chi connectivity index (χ3n) is 6.15. The molecule has 6 heteroatoms. The van der Waals surface area contributed by atoms with Crippen molar-refractivity contribution in [2.24, 2.45) is 0 Å². The van der Waals surface area contributed by atoms with Crippen LogP contribution in [0, 0.1) is 18.3 Å². The third kappa shape index (κ3) is 4.67. The largest absolute Gasteiger partial charge is 0.478 e. The van der Waals surface area contributed by atoms with Gasteiger partial charge >= 0.3 is 5.97 Å². The molecule has 3 aromatic carbocycles. The molecule has 0 aliphatic carbocycles. The zero-order valence-electron chi connectivity index (χ0n) is 20.0. The van der Waals surface area contributed by atoms with Crippen molar-refractivity contribution in [2.45, 2.75) is 39.2 Å². The highest BCUT2D eigenvalue weighted by atomic mass is 16.4. The molecule has 1 unspecified atom stereocenters. The first-order chi connectivity index (χ1) is 16.6. The van der Waals surface area contributed by atoms with E-state index in [-0.39, 0.29) is 17.0 Å². The third-order valence-corrected chi connectivity index (χ3v) is 6.15. The van der Waals surface area contributed by atoms with Gasteiger partial charge in [-0.2, -0.15) is 5.26 Å². The predicted octanol–water partition coefficient (Wildman–Crippen LogP) is 6.44. The van der Waals surface area contributed by atoms with Crippen LogP contribution in [0.2, 0.25) is 0 Å². The average Bonchev–Trinajstić information content (AvgIpc) is 2.84. The maximum atomic E-state index is 13.1. The lowest BCUT2D eigenvalue weighted by Gasteiger charge is -2.20. The van der Waals surface area contributed by atoms with Crippen molar-refractivity contribution in [3.63, 3.8) is 0 Å². The molecule has 0 amide bonds. The lowest BCUT2D eigenvalue weighted by Crippen LogP contribution is -2.14. The van der Waals surface area contributed by atoms with E-state index in [4.69, 9.17) is 4.42 Å². The van der Waals surface area contributed by atoms with Gasteiger partial charge in [0.25, 0.3) is 0 Å². The van der Waals surface area contributed by atoms with E-state index in [0.717, 1.165) is 16.7 Å². The summed E-state index contributed by atoms with van der Waals surface area (Å²) in [7, 11) is 0. The second-order valence-corrected chi connectivity index (χ2v) is 9.24. The number of carboxylic acids is 1. The number of fused-ring (bicyclic) bond motifs is 1. The van der Waals surface area contributed by atoms with Gasteiger partial charge < -0.3 is 14.8 Å². The summed E-state index contributed by atoms with van der Waals surface area (Å²) < 4.78 is 6.31. The second kappa shape index (κ2) is 9.11. The minimum atomic E-state index is -1.02. The molecule has 0 radical (unpaired) electrons. The van der Waals surface area contributed by atoms with E-state index in [1.807, 2.05) is 58.0 Å². The fourth-order valence-corrected chi connectivity index (χ4v) is 4.13. The zero-order chi connectivity index (χ0) is 25.3. The number of carboxylic acid groups (broad SMARTS) is 1. The molecule has 6 nitrogen and oxygen atoms in total. The number of para-hydroxylation sites is 1. The van der Waals surface area contributed by atoms with Crippen LogP contribution in [-0.2, 0) is 5.41 Å². The lowest BCUT2D eigenvalue weighted by atomic mass is 9.85. The maximum Gasteiger partial charge on any atom is 0.337 e. The molecule has 0 bridgehead atoms. The van der Waals surface area contributed by atoms with E-state index in [0.29, 0.717) is 28.0 Å². The fourth-order valence-electron chi connectivity index (χ4n) is 4.13. The first-order valence-corrected chi connectivity index (χ1v) is 11.3. The molecule has 0 aliphatic rings. The monoisotopic (exact) mass is 466 g/mol. The molecule has 0 saturated carbocycles. The van der Waals surface area contributed by atoms with Crippen LogP contribution in [0.25, 0.3) is 22.3 Å². The van der Waals surface area contributed by atoms with E-state index in [9.17, 15) is 20.0 Å². The van der Waals surface area contributed by atoms with Gasteiger partial charge in [0.1, 0.15) is 11.3 Å². The smallest absolute Gasteiger partial charge is 0.337 e. The van der Waals surface area contributed by atoms with Crippen LogP contribution in [0.5, 0.6) is 0 Å². The molecule has 1 atom stereocenters. The van der Waals surface area contributed by atoms with Crippen molar-refractivity contribution in [1.82, 2.24) is 0 Å². The molecule has 2 N–H and O–H groups in total. The highest BCUT2D eigenvalue weighted by Crippen LogP contribution is 2.32. The van der Waals surface area contributed by atoms with E-state index >= 15 is 0 Å². The summed E-state index contributed by atoms with van der Waals surface area (Å²) in [6.07, 6.45) is 0. The molecule has 0 fully saturated rings. The van der Waals surface area contributed by atoms with Gasteiger partial charge in [-0.3, -0.25) is 4.79 Å². The molecule has 176 valence electrons. The number of rotatable bonds is 6. The van der Waals surface area contributed by atoms with Crippen LogP contribution in [0.3, 0.4) is 0 Å². The van der Waals surface area contributed by atoms with Crippen molar-refractivity contribution in [3.8, 4) is 17.4 Å². The standard InChI is InChI=1S/C29H26N2O4/c1-17-12-22(18(2)31-24-11-6-5-10-21(24)28(33)34)27-23(13-17)25(32)15-26(35-27)19-8-7-9-20(14-19)29(3,4)16-30/h5-15,18,31H,1-4H3,(H,33,34). The molecule has 0 saturated heterocycles. The van der Waals surface area contributed by atoms with Crippen LogP contribution in [0.4, 0.5) is 5.69 Å². The minimum absolute atomic E-state index is 0.162. The maximum absolute atomic E-state index is 13.1. The molecule has 4 rings (SSSR count). The van der Waals surface area contributed by atoms with Gasteiger partial charge in [0.05, 0.1) is 28.5 Å². The predicted molar refractivity (Wildman–Crippen MR) is 137 cm³/mol. The highest BCUT2D eigenvalue weighted by Gasteiger charge is 2.22. The highest BCUT2D eigenvalue weighted by molar-refractivity contribution is 5.94. The summed E-state index contributed by atoms with van der Waals surface area (Å²) in [4.78, 5) is 24.8. The van der Waals surface area contributed by atoms with Gasteiger partial charge in [0, 0.05) is 22.9 Å². The lowest BCUT2D eigenvalue weighted by molar-refractivity contribution is 0.0698. The first kappa shape index (κ1) is 23.8. The van der Waals surface area contributed by atoms with E-state index in [2.05, 4.69) is 11.4 Å². The first-order valence-electron chi connectivity index (χ1n) is 11.3. The van der Waals surface area contributed by atoms with Crippen molar-refractivity contribution in [3.05, 3.63) is 99.2 Å². The van der Waals surface area contributed by atoms with Gasteiger partial charge in [-0.1, -0.05) is 36.4 Å². The number of nitriles is 1.